The van der Waals surface area contributed by atoms with E-state index in [1.165, 1.54) is 25.7 Å². The topological polar surface area (TPSA) is 85.9 Å². The molecule has 3 atom stereocenters. The van der Waals surface area contributed by atoms with E-state index in [1.807, 2.05) is 36.5 Å². The molecule has 2 amide bonds. The monoisotopic (exact) mass is 418 g/mol. The summed E-state index contributed by atoms with van der Waals surface area (Å²) in [5, 5.41) is 7.26. The van der Waals surface area contributed by atoms with Crippen molar-refractivity contribution < 1.29 is 4.79 Å². The molecule has 31 heavy (non-hydrogen) atoms. The lowest BCUT2D eigenvalue weighted by Crippen LogP contribution is -2.45. The summed E-state index contributed by atoms with van der Waals surface area (Å²) < 4.78 is 0. The van der Waals surface area contributed by atoms with Crippen LogP contribution < -0.4 is 15.5 Å². The number of nitrogens with one attached hydrogen (secondary N) is 3. The zero-order valence-corrected chi connectivity index (χ0v) is 17.8. The third kappa shape index (κ3) is 4.50. The average molecular weight is 419 g/mol. The minimum Gasteiger partial charge on any atom is -0.356 e. The van der Waals surface area contributed by atoms with Crippen LogP contribution in [0.15, 0.2) is 48.9 Å². The third-order valence-corrected chi connectivity index (χ3v) is 6.84. The Kier molecular flexibility index (Phi) is 5.74. The Hall–Kier alpha value is -3.09. The van der Waals surface area contributed by atoms with Crippen LogP contribution in [0.5, 0.6) is 0 Å². The number of rotatable bonds is 4. The van der Waals surface area contributed by atoms with Crippen molar-refractivity contribution in [1.29, 1.82) is 0 Å². The maximum absolute atomic E-state index is 12.5. The first-order valence-corrected chi connectivity index (χ1v) is 11.4. The number of nitrogens with zero attached hydrogens (tertiary/aromatic N) is 3. The molecule has 2 fully saturated rings. The van der Waals surface area contributed by atoms with Gasteiger partial charge in [0, 0.05) is 31.0 Å². The quantitative estimate of drug-likeness (QED) is 0.580. The standard InChI is InChI=1S/C24H30N6O/c31-24(28-19-8-2-1-3-9-19)29-20-10-4-6-17(14-20)18-7-5-13-30(15-18)23-21-11-12-25-22(21)26-16-27-23/h1-3,8-9,11-12,16-18,20H,4-7,10,13-15H2,(H,25,26,27)(H2,28,29,31)/t17?,18?,20-/m1/s1. The molecule has 7 nitrogen and oxygen atoms in total. The van der Waals surface area contributed by atoms with E-state index < -0.39 is 0 Å². The highest BCUT2D eigenvalue weighted by atomic mass is 16.2. The largest absolute Gasteiger partial charge is 0.356 e. The highest BCUT2D eigenvalue weighted by Gasteiger charge is 2.33. The normalized spacial score (nSPS) is 24.1. The Labute approximate surface area is 182 Å². The zero-order valence-electron chi connectivity index (χ0n) is 17.8. The molecule has 0 spiro atoms. The summed E-state index contributed by atoms with van der Waals surface area (Å²) in [5.74, 6) is 2.32. The number of carbonyl (C=O) groups is 1. The van der Waals surface area contributed by atoms with Gasteiger partial charge in [0.15, 0.2) is 0 Å². The molecule has 7 heteroatoms. The minimum atomic E-state index is -0.0991. The van der Waals surface area contributed by atoms with Crippen LogP contribution >= 0.6 is 0 Å². The molecule has 2 unspecified atom stereocenters. The third-order valence-electron chi connectivity index (χ3n) is 6.84. The van der Waals surface area contributed by atoms with Gasteiger partial charge in [0.25, 0.3) is 0 Å². The van der Waals surface area contributed by atoms with Crippen LogP contribution in [0.3, 0.4) is 0 Å². The van der Waals surface area contributed by atoms with Gasteiger partial charge in [0.1, 0.15) is 17.8 Å². The zero-order chi connectivity index (χ0) is 21.0. The Balaban J connectivity index is 1.21. The summed E-state index contributed by atoms with van der Waals surface area (Å²) >= 11 is 0. The molecule has 1 saturated heterocycles. The lowest BCUT2D eigenvalue weighted by atomic mass is 9.75. The second kappa shape index (κ2) is 8.96. The number of anilines is 2. The lowest BCUT2D eigenvalue weighted by Gasteiger charge is -2.41. The van der Waals surface area contributed by atoms with Gasteiger partial charge in [0.05, 0.1) is 5.39 Å². The number of aromatic nitrogens is 3. The molecule has 3 N–H and O–H groups in total. The van der Waals surface area contributed by atoms with Gasteiger partial charge < -0.3 is 20.5 Å². The molecule has 5 rings (SSSR count). The molecule has 1 saturated carbocycles. The number of carbonyl (C=O) groups excluding carboxylic acids is 1. The highest BCUT2D eigenvalue weighted by molar-refractivity contribution is 5.89. The molecule has 2 aromatic heterocycles. The predicted molar refractivity (Wildman–Crippen MR) is 123 cm³/mol. The van der Waals surface area contributed by atoms with E-state index in [4.69, 9.17) is 0 Å². The highest BCUT2D eigenvalue weighted by Crippen LogP contribution is 2.37. The summed E-state index contributed by atoms with van der Waals surface area (Å²) in [6, 6.07) is 11.8. The number of para-hydroxylation sites is 1. The summed E-state index contributed by atoms with van der Waals surface area (Å²) in [6.45, 7) is 2.08. The van der Waals surface area contributed by atoms with Crippen LogP contribution in [-0.4, -0.2) is 40.1 Å². The number of benzene rings is 1. The fourth-order valence-corrected chi connectivity index (χ4v) is 5.36. The SMILES string of the molecule is O=C(Nc1ccccc1)N[C@@H]1CCCC(C2CCCN(c3ncnc4[nH]ccc34)C2)C1. The maximum Gasteiger partial charge on any atom is 0.319 e. The van der Waals surface area contributed by atoms with E-state index >= 15 is 0 Å². The summed E-state index contributed by atoms with van der Waals surface area (Å²) in [7, 11) is 0. The summed E-state index contributed by atoms with van der Waals surface area (Å²) in [4.78, 5) is 27.0. The van der Waals surface area contributed by atoms with Crippen molar-refractivity contribution in [2.24, 2.45) is 11.8 Å². The van der Waals surface area contributed by atoms with Crippen molar-refractivity contribution in [2.45, 2.75) is 44.6 Å². The Morgan fingerprint density at radius 1 is 1.03 bits per heavy atom. The van der Waals surface area contributed by atoms with Gasteiger partial charge in [-0.25, -0.2) is 14.8 Å². The molecule has 3 heterocycles. The van der Waals surface area contributed by atoms with Crippen molar-refractivity contribution in [3.8, 4) is 0 Å². The average Bonchev–Trinajstić information content (AvgIpc) is 3.29. The first-order valence-electron chi connectivity index (χ1n) is 11.4. The Morgan fingerprint density at radius 3 is 2.81 bits per heavy atom. The number of hydrogen-bond acceptors (Lipinski definition) is 4. The molecule has 162 valence electrons. The van der Waals surface area contributed by atoms with E-state index in [1.54, 1.807) is 6.33 Å². The smallest absolute Gasteiger partial charge is 0.319 e. The second-order valence-corrected chi connectivity index (χ2v) is 8.87. The first kappa shape index (κ1) is 19.8. The van der Waals surface area contributed by atoms with E-state index in [-0.39, 0.29) is 12.1 Å². The molecule has 1 aliphatic carbocycles. The van der Waals surface area contributed by atoms with E-state index in [2.05, 4.69) is 36.6 Å². The first-order chi connectivity index (χ1) is 15.3. The molecule has 1 aliphatic heterocycles. The Morgan fingerprint density at radius 2 is 1.90 bits per heavy atom. The van der Waals surface area contributed by atoms with E-state index in [0.717, 1.165) is 48.5 Å². The molecule has 3 aromatic rings. The molecular weight excluding hydrogens is 388 g/mol. The summed E-state index contributed by atoms with van der Waals surface area (Å²) in [6.07, 6.45) is 10.6. The van der Waals surface area contributed by atoms with Gasteiger partial charge in [-0.15, -0.1) is 0 Å². The van der Waals surface area contributed by atoms with Crippen LogP contribution in [0.2, 0.25) is 0 Å². The number of piperidine rings is 1. The van der Waals surface area contributed by atoms with Crippen molar-refractivity contribution in [3.05, 3.63) is 48.9 Å². The van der Waals surface area contributed by atoms with Gasteiger partial charge in [-0.2, -0.15) is 0 Å². The van der Waals surface area contributed by atoms with Crippen molar-refractivity contribution in [3.63, 3.8) is 0 Å². The fraction of sp³-hybridized carbons (Fsp3) is 0.458. The second-order valence-electron chi connectivity index (χ2n) is 8.87. The summed E-state index contributed by atoms with van der Waals surface area (Å²) in [5.41, 5.74) is 1.73. The van der Waals surface area contributed by atoms with Crippen LogP contribution in [0.25, 0.3) is 11.0 Å². The fourth-order valence-electron chi connectivity index (χ4n) is 5.36. The van der Waals surface area contributed by atoms with Crippen molar-refractivity contribution in [1.82, 2.24) is 20.3 Å². The molecule has 0 bridgehead atoms. The minimum absolute atomic E-state index is 0.0991. The van der Waals surface area contributed by atoms with Gasteiger partial charge in [-0.05, 0) is 62.1 Å². The van der Waals surface area contributed by atoms with Gasteiger partial charge in [-0.3, -0.25) is 0 Å². The maximum atomic E-state index is 12.5. The Bertz CT molecular complexity index is 1020. The number of aromatic amines is 1. The van der Waals surface area contributed by atoms with Crippen molar-refractivity contribution in [2.75, 3.05) is 23.3 Å². The molecule has 0 radical (unpaired) electrons. The van der Waals surface area contributed by atoms with Crippen LogP contribution in [0, 0.1) is 11.8 Å². The number of fused-ring (bicyclic) bond motifs is 1. The van der Waals surface area contributed by atoms with Crippen LogP contribution in [0.4, 0.5) is 16.3 Å². The van der Waals surface area contributed by atoms with Crippen LogP contribution in [0.1, 0.15) is 38.5 Å². The van der Waals surface area contributed by atoms with E-state index in [0.29, 0.717) is 11.8 Å². The number of hydrogen-bond donors (Lipinski definition) is 3. The molecular formula is C24H30N6O. The molecule has 2 aliphatic rings. The van der Waals surface area contributed by atoms with Crippen molar-refractivity contribution >= 4 is 28.6 Å². The number of urea groups is 1. The number of H-pyrrole nitrogens is 1. The number of amides is 2. The molecule has 1 aromatic carbocycles. The van der Waals surface area contributed by atoms with E-state index in [9.17, 15) is 4.79 Å². The van der Waals surface area contributed by atoms with Gasteiger partial charge in [-0.1, -0.05) is 24.6 Å². The predicted octanol–water partition coefficient (Wildman–Crippen LogP) is 4.55. The van der Waals surface area contributed by atoms with Gasteiger partial charge >= 0.3 is 6.03 Å². The van der Waals surface area contributed by atoms with Gasteiger partial charge in [0.2, 0.25) is 0 Å². The lowest BCUT2D eigenvalue weighted by molar-refractivity contribution is 0.190. The van der Waals surface area contributed by atoms with Crippen LogP contribution in [-0.2, 0) is 0 Å².